The van der Waals surface area contributed by atoms with E-state index in [1.165, 1.54) is 18.5 Å². The van der Waals surface area contributed by atoms with Crippen LogP contribution in [-0.2, 0) is 17.8 Å². The number of hydrogen-bond acceptors (Lipinski definition) is 3. The number of nitrogens with one attached hydrogen (secondary N) is 1. The Hall–Kier alpha value is -2.31. The number of carbonyl (C=O) groups excluding carboxylic acids is 1. The quantitative estimate of drug-likeness (QED) is 0.791. The molecule has 1 heterocycles. The van der Waals surface area contributed by atoms with E-state index in [-0.39, 0.29) is 18.7 Å². The van der Waals surface area contributed by atoms with Gasteiger partial charge in [0, 0.05) is 25.6 Å². The second-order valence-corrected chi connectivity index (χ2v) is 4.60. The predicted molar refractivity (Wildman–Crippen MR) is 72.3 cm³/mol. The van der Waals surface area contributed by atoms with Gasteiger partial charge < -0.3 is 5.32 Å². The molecule has 0 spiro atoms. The summed E-state index contributed by atoms with van der Waals surface area (Å²) in [5.41, 5.74) is 0.342. The molecule has 0 unspecified atom stereocenters. The number of benzene rings is 1. The largest absolute Gasteiger partial charge is 0.356 e. The maximum absolute atomic E-state index is 13.4. The van der Waals surface area contributed by atoms with Gasteiger partial charge in [-0.05, 0) is 24.5 Å². The highest BCUT2D eigenvalue weighted by atomic mass is 19.1. The molecule has 112 valence electrons. The average Bonchev–Trinajstić information content (AvgIpc) is 2.96. The predicted octanol–water partition coefficient (Wildman–Crippen LogP) is 1.70. The molecule has 0 bridgehead atoms. The van der Waals surface area contributed by atoms with E-state index in [2.05, 4.69) is 15.4 Å². The van der Waals surface area contributed by atoms with Crippen molar-refractivity contribution < 1.29 is 13.6 Å². The van der Waals surface area contributed by atoms with Gasteiger partial charge in [0.15, 0.2) is 0 Å². The van der Waals surface area contributed by atoms with Gasteiger partial charge in [-0.25, -0.2) is 13.8 Å². The van der Waals surface area contributed by atoms with Gasteiger partial charge in [0.05, 0.1) is 0 Å². The molecule has 0 radical (unpaired) electrons. The zero-order valence-corrected chi connectivity index (χ0v) is 11.4. The highest BCUT2D eigenvalue weighted by Crippen LogP contribution is 2.11. The standard InChI is InChI=1S/C14H16F2N4O/c15-12-4-2-11(13(16)8-12)3-5-14(21)18-6-1-7-20-10-17-9-19-20/h2,4,8-10H,1,3,5-7H2,(H,18,21). The van der Waals surface area contributed by atoms with Crippen molar-refractivity contribution in [3.63, 3.8) is 0 Å². The van der Waals surface area contributed by atoms with Crippen LogP contribution in [0.4, 0.5) is 8.78 Å². The lowest BCUT2D eigenvalue weighted by Gasteiger charge is -2.06. The van der Waals surface area contributed by atoms with E-state index in [1.54, 1.807) is 11.0 Å². The van der Waals surface area contributed by atoms with Gasteiger partial charge in [-0.1, -0.05) is 6.07 Å². The first kappa shape index (κ1) is 15.1. The van der Waals surface area contributed by atoms with Crippen LogP contribution in [-0.4, -0.2) is 27.2 Å². The Morgan fingerprint density at radius 2 is 2.19 bits per heavy atom. The van der Waals surface area contributed by atoms with Crippen molar-refractivity contribution >= 4 is 5.91 Å². The van der Waals surface area contributed by atoms with E-state index < -0.39 is 11.6 Å². The highest BCUT2D eigenvalue weighted by molar-refractivity contribution is 5.76. The zero-order chi connectivity index (χ0) is 15.1. The Kier molecular flexibility index (Phi) is 5.36. The monoisotopic (exact) mass is 294 g/mol. The minimum absolute atomic E-state index is 0.155. The molecular weight excluding hydrogens is 278 g/mol. The molecular formula is C14H16F2N4O. The minimum atomic E-state index is -0.617. The first-order chi connectivity index (χ1) is 10.1. The van der Waals surface area contributed by atoms with Crippen molar-refractivity contribution in [1.29, 1.82) is 0 Å². The summed E-state index contributed by atoms with van der Waals surface area (Å²) >= 11 is 0. The van der Waals surface area contributed by atoms with Gasteiger partial charge in [-0.3, -0.25) is 9.48 Å². The SMILES string of the molecule is O=C(CCc1ccc(F)cc1F)NCCCn1cncn1. The number of hydrogen-bond donors (Lipinski definition) is 1. The zero-order valence-electron chi connectivity index (χ0n) is 11.4. The Labute approximate surface area is 121 Å². The Bertz CT molecular complexity index is 587. The molecule has 0 saturated carbocycles. The summed E-state index contributed by atoms with van der Waals surface area (Å²) < 4.78 is 27.8. The normalized spacial score (nSPS) is 10.6. The molecule has 1 aromatic carbocycles. The van der Waals surface area contributed by atoms with Gasteiger partial charge in [0.1, 0.15) is 24.3 Å². The molecule has 1 amide bonds. The van der Waals surface area contributed by atoms with Crippen molar-refractivity contribution in [3.05, 3.63) is 48.1 Å². The lowest BCUT2D eigenvalue weighted by atomic mass is 10.1. The molecule has 1 aromatic heterocycles. The molecule has 0 aliphatic heterocycles. The Balaban J connectivity index is 1.65. The number of aromatic nitrogens is 3. The van der Waals surface area contributed by atoms with E-state index in [9.17, 15) is 13.6 Å². The van der Waals surface area contributed by atoms with E-state index in [0.717, 1.165) is 12.5 Å². The minimum Gasteiger partial charge on any atom is -0.356 e. The summed E-state index contributed by atoms with van der Waals surface area (Å²) in [6.45, 7) is 1.19. The third-order valence-electron chi connectivity index (χ3n) is 2.99. The van der Waals surface area contributed by atoms with Crippen LogP contribution >= 0.6 is 0 Å². The smallest absolute Gasteiger partial charge is 0.220 e. The van der Waals surface area contributed by atoms with Gasteiger partial charge in [0.2, 0.25) is 5.91 Å². The lowest BCUT2D eigenvalue weighted by Crippen LogP contribution is -2.25. The number of amides is 1. The summed E-state index contributed by atoms with van der Waals surface area (Å²) in [7, 11) is 0. The van der Waals surface area contributed by atoms with Crippen molar-refractivity contribution in [2.24, 2.45) is 0 Å². The first-order valence-electron chi connectivity index (χ1n) is 6.68. The Morgan fingerprint density at radius 1 is 1.33 bits per heavy atom. The molecule has 2 rings (SSSR count). The van der Waals surface area contributed by atoms with Gasteiger partial charge in [-0.15, -0.1) is 0 Å². The van der Waals surface area contributed by atoms with Crippen LogP contribution in [0.2, 0.25) is 0 Å². The van der Waals surface area contributed by atoms with Crippen LogP contribution in [0.15, 0.2) is 30.9 Å². The maximum atomic E-state index is 13.4. The number of halogens is 2. The fourth-order valence-electron chi connectivity index (χ4n) is 1.88. The van der Waals surface area contributed by atoms with Crippen LogP contribution < -0.4 is 5.32 Å². The van der Waals surface area contributed by atoms with Crippen LogP contribution in [0.5, 0.6) is 0 Å². The summed E-state index contributed by atoms with van der Waals surface area (Å²) in [6, 6.07) is 3.38. The van der Waals surface area contributed by atoms with Gasteiger partial charge in [0.25, 0.3) is 0 Å². The number of aryl methyl sites for hydroxylation is 2. The molecule has 2 aromatic rings. The summed E-state index contributed by atoms with van der Waals surface area (Å²) in [4.78, 5) is 15.4. The van der Waals surface area contributed by atoms with E-state index >= 15 is 0 Å². The second-order valence-electron chi connectivity index (χ2n) is 4.60. The van der Waals surface area contributed by atoms with Crippen LogP contribution in [0.1, 0.15) is 18.4 Å². The maximum Gasteiger partial charge on any atom is 0.220 e. The lowest BCUT2D eigenvalue weighted by molar-refractivity contribution is -0.121. The van der Waals surface area contributed by atoms with Crippen LogP contribution in [0.25, 0.3) is 0 Å². The van der Waals surface area contributed by atoms with Gasteiger partial charge in [-0.2, -0.15) is 5.10 Å². The number of nitrogens with zero attached hydrogens (tertiary/aromatic N) is 3. The fourth-order valence-corrected chi connectivity index (χ4v) is 1.88. The van der Waals surface area contributed by atoms with E-state index in [1.807, 2.05) is 0 Å². The van der Waals surface area contributed by atoms with Crippen LogP contribution in [0.3, 0.4) is 0 Å². The van der Waals surface area contributed by atoms with E-state index in [4.69, 9.17) is 0 Å². The average molecular weight is 294 g/mol. The summed E-state index contributed by atoms with van der Waals surface area (Å²) in [5, 5.41) is 6.70. The van der Waals surface area contributed by atoms with Crippen LogP contribution in [0, 0.1) is 11.6 Å². The third kappa shape index (κ3) is 4.94. The molecule has 5 nitrogen and oxygen atoms in total. The van der Waals surface area contributed by atoms with E-state index in [0.29, 0.717) is 18.7 Å². The summed E-state index contributed by atoms with van der Waals surface area (Å²) in [5.74, 6) is -1.39. The molecule has 21 heavy (non-hydrogen) atoms. The van der Waals surface area contributed by atoms with Crippen molar-refractivity contribution in [3.8, 4) is 0 Å². The number of rotatable bonds is 7. The molecule has 0 fully saturated rings. The topological polar surface area (TPSA) is 59.8 Å². The first-order valence-corrected chi connectivity index (χ1v) is 6.68. The highest BCUT2D eigenvalue weighted by Gasteiger charge is 2.07. The molecule has 0 saturated heterocycles. The fraction of sp³-hybridized carbons (Fsp3) is 0.357. The van der Waals surface area contributed by atoms with Gasteiger partial charge >= 0.3 is 0 Å². The molecule has 0 aliphatic rings. The van der Waals surface area contributed by atoms with Crippen molar-refractivity contribution in [1.82, 2.24) is 20.1 Å². The molecule has 1 N–H and O–H groups in total. The molecule has 7 heteroatoms. The number of carbonyl (C=O) groups is 1. The second kappa shape index (κ2) is 7.47. The summed E-state index contributed by atoms with van der Waals surface area (Å²) in [6.07, 6.45) is 4.22. The Morgan fingerprint density at radius 3 is 2.90 bits per heavy atom. The van der Waals surface area contributed by atoms with Crippen molar-refractivity contribution in [2.75, 3.05) is 6.54 Å². The van der Waals surface area contributed by atoms with Crippen molar-refractivity contribution in [2.45, 2.75) is 25.8 Å². The third-order valence-corrected chi connectivity index (χ3v) is 2.99. The molecule has 0 aliphatic carbocycles. The molecule has 0 atom stereocenters.